The molecule has 3 aromatic heterocycles. The Morgan fingerprint density at radius 2 is 1.79 bits per heavy atom. The van der Waals surface area contributed by atoms with Crippen molar-refractivity contribution in [3.63, 3.8) is 0 Å². The quantitative estimate of drug-likeness (QED) is 0.629. The summed E-state index contributed by atoms with van der Waals surface area (Å²) < 4.78 is 84.1. The van der Waals surface area contributed by atoms with E-state index in [2.05, 4.69) is 20.6 Å². The lowest BCUT2D eigenvalue weighted by Gasteiger charge is -2.28. The van der Waals surface area contributed by atoms with Crippen LogP contribution in [0.25, 0.3) is 5.65 Å². The van der Waals surface area contributed by atoms with Gasteiger partial charge in [-0.1, -0.05) is 0 Å². The topological polar surface area (TPSA) is 88.5 Å². The second-order valence-electron chi connectivity index (χ2n) is 5.96. The number of nitrogens with one attached hydrogen (secondary N) is 1. The molecule has 2 N–H and O–H groups in total. The van der Waals surface area contributed by atoms with Gasteiger partial charge in [0.05, 0.1) is 0 Å². The third kappa shape index (κ3) is 3.61. The Labute approximate surface area is 153 Å². The zero-order chi connectivity index (χ0) is 20.7. The fraction of sp³-hybridized carbons (Fsp3) is 0.400. The van der Waals surface area contributed by atoms with Gasteiger partial charge in [-0.2, -0.15) is 30.9 Å². The molecule has 0 aliphatic rings. The van der Waals surface area contributed by atoms with Gasteiger partial charge >= 0.3 is 12.4 Å². The van der Waals surface area contributed by atoms with Crippen molar-refractivity contribution in [2.75, 3.05) is 11.9 Å². The molecule has 3 heterocycles. The summed E-state index contributed by atoms with van der Waals surface area (Å²) in [5.41, 5.74) is -3.46. The molecule has 13 heteroatoms. The number of hydrogen-bond donors (Lipinski definition) is 2. The maximum atomic E-state index is 13.4. The lowest BCUT2D eigenvalue weighted by Crippen LogP contribution is -2.43. The Hall–Kier alpha value is -2.83. The minimum Gasteiger partial charge on any atom is -0.463 e. The molecular weight excluding hydrogens is 396 g/mol. The predicted octanol–water partition coefficient (Wildman–Crippen LogP) is 3.30. The van der Waals surface area contributed by atoms with Crippen LogP contribution in [0.15, 0.2) is 28.7 Å². The molecule has 1 unspecified atom stereocenters. The summed E-state index contributed by atoms with van der Waals surface area (Å²) in [6.45, 7) is 0.965. The van der Waals surface area contributed by atoms with Crippen LogP contribution in [-0.4, -0.2) is 37.6 Å². The molecule has 0 saturated heterocycles. The van der Waals surface area contributed by atoms with Crippen molar-refractivity contribution in [3.05, 3.63) is 41.6 Å². The number of rotatable bonds is 5. The van der Waals surface area contributed by atoms with E-state index in [-0.39, 0.29) is 17.2 Å². The molecule has 0 aliphatic carbocycles. The van der Waals surface area contributed by atoms with Crippen LogP contribution in [0.4, 0.5) is 32.2 Å². The Morgan fingerprint density at radius 3 is 2.36 bits per heavy atom. The van der Waals surface area contributed by atoms with Crippen LogP contribution < -0.4 is 5.32 Å². The van der Waals surface area contributed by atoms with E-state index in [1.165, 1.54) is 25.1 Å². The van der Waals surface area contributed by atoms with E-state index >= 15 is 0 Å². The fourth-order valence-corrected chi connectivity index (χ4v) is 2.49. The maximum Gasteiger partial charge on any atom is 0.453 e. The molecular formula is C15H13F6N5O2. The van der Waals surface area contributed by atoms with E-state index in [0.717, 1.165) is 6.07 Å². The summed E-state index contributed by atoms with van der Waals surface area (Å²) in [6, 6.07) is 4.69. The average molecular weight is 409 g/mol. The summed E-state index contributed by atoms with van der Waals surface area (Å²) in [5, 5.41) is 22.6. The average Bonchev–Trinajstić information content (AvgIpc) is 3.19. The van der Waals surface area contributed by atoms with Gasteiger partial charge in [-0.25, -0.2) is 0 Å². The van der Waals surface area contributed by atoms with E-state index < -0.39 is 42.5 Å². The third-order valence-electron chi connectivity index (χ3n) is 3.93. The lowest BCUT2D eigenvalue weighted by atomic mass is 9.96. The van der Waals surface area contributed by atoms with Crippen LogP contribution in [0.1, 0.15) is 23.8 Å². The van der Waals surface area contributed by atoms with Crippen molar-refractivity contribution in [2.45, 2.75) is 31.3 Å². The van der Waals surface area contributed by atoms with E-state index in [1.807, 2.05) is 0 Å². The van der Waals surface area contributed by atoms with Crippen LogP contribution in [-0.2, 0) is 11.8 Å². The summed E-state index contributed by atoms with van der Waals surface area (Å²) in [4.78, 5) is 0. The molecule has 0 aliphatic heterocycles. The smallest absolute Gasteiger partial charge is 0.453 e. The third-order valence-corrected chi connectivity index (χ3v) is 3.93. The highest BCUT2D eigenvalue weighted by atomic mass is 19.4. The second-order valence-corrected chi connectivity index (χ2v) is 5.96. The van der Waals surface area contributed by atoms with Gasteiger partial charge in [-0.05, 0) is 31.2 Å². The van der Waals surface area contributed by atoms with E-state index in [0.29, 0.717) is 4.52 Å². The first-order valence-corrected chi connectivity index (χ1v) is 7.81. The molecule has 0 aromatic carbocycles. The van der Waals surface area contributed by atoms with Crippen molar-refractivity contribution >= 4 is 11.5 Å². The van der Waals surface area contributed by atoms with Crippen LogP contribution in [0, 0.1) is 6.92 Å². The highest BCUT2D eigenvalue weighted by Gasteiger charge is 2.56. The number of hydrogen-bond acceptors (Lipinski definition) is 6. The van der Waals surface area contributed by atoms with Gasteiger partial charge in [0.1, 0.15) is 17.3 Å². The highest BCUT2D eigenvalue weighted by Crippen LogP contribution is 2.42. The fourth-order valence-electron chi connectivity index (χ4n) is 2.49. The molecule has 3 aromatic rings. The number of aromatic nitrogens is 4. The Bertz CT molecular complexity index is 979. The predicted molar refractivity (Wildman–Crippen MR) is 82.3 cm³/mol. The molecule has 7 nitrogen and oxygen atoms in total. The van der Waals surface area contributed by atoms with Gasteiger partial charge in [0.2, 0.25) is 5.60 Å². The van der Waals surface area contributed by atoms with Gasteiger partial charge in [0.15, 0.2) is 5.65 Å². The molecule has 0 radical (unpaired) electrons. The van der Waals surface area contributed by atoms with E-state index in [4.69, 9.17) is 4.42 Å². The largest absolute Gasteiger partial charge is 0.463 e. The summed E-state index contributed by atoms with van der Waals surface area (Å²) in [7, 11) is 0. The SMILES string of the molecule is Cc1ccc(C(O)(CCNc2ccc3nnc(C(F)(F)F)n3n2)C(F)(F)F)o1. The number of aryl methyl sites for hydroxylation is 1. The van der Waals surface area contributed by atoms with Gasteiger partial charge < -0.3 is 14.8 Å². The molecule has 1 atom stereocenters. The van der Waals surface area contributed by atoms with Crippen molar-refractivity contribution in [1.82, 2.24) is 19.8 Å². The maximum absolute atomic E-state index is 13.4. The Kier molecular flexibility index (Phi) is 4.73. The van der Waals surface area contributed by atoms with E-state index in [1.54, 1.807) is 0 Å². The minimum atomic E-state index is -5.03. The number of fused-ring (bicyclic) bond motifs is 1. The Balaban J connectivity index is 1.79. The van der Waals surface area contributed by atoms with E-state index in [9.17, 15) is 31.4 Å². The van der Waals surface area contributed by atoms with Gasteiger partial charge in [-0.15, -0.1) is 15.3 Å². The summed E-state index contributed by atoms with van der Waals surface area (Å²) in [5.74, 6) is -2.02. The van der Waals surface area contributed by atoms with Crippen LogP contribution >= 0.6 is 0 Å². The highest BCUT2D eigenvalue weighted by molar-refractivity contribution is 5.44. The summed E-state index contributed by atoms with van der Waals surface area (Å²) in [6.07, 6.45) is -10.7. The molecule has 28 heavy (non-hydrogen) atoms. The zero-order valence-electron chi connectivity index (χ0n) is 14.1. The van der Waals surface area contributed by atoms with Gasteiger partial charge in [0.25, 0.3) is 5.82 Å². The van der Waals surface area contributed by atoms with Crippen molar-refractivity contribution in [3.8, 4) is 0 Å². The number of halogens is 6. The van der Waals surface area contributed by atoms with Crippen molar-refractivity contribution in [1.29, 1.82) is 0 Å². The summed E-state index contributed by atoms with van der Waals surface area (Å²) >= 11 is 0. The number of nitrogens with zero attached hydrogens (tertiary/aromatic N) is 4. The molecule has 0 fully saturated rings. The van der Waals surface area contributed by atoms with Gasteiger partial charge in [-0.3, -0.25) is 0 Å². The zero-order valence-corrected chi connectivity index (χ0v) is 14.1. The molecule has 0 amide bonds. The van der Waals surface area contributed by atoms with Gasteiger partial charge in [0, 0.05) is 13.0 Å². The number of furan rings is 1. The first kappa shape index (κ1) is 19.9. The molecule has 3 rings (SSSR count). The van der Waals surface area contributed by atoms with Crippen molar-refractivity contribution in [2.24, 2.45) is 0 Å². The Morgan fingerprint density at radius 1 is 1.07 bits per heavy atom. The van der Waals surface area contributed by atoms with Crippen LogP contribution in [0.3, 0.4) is 0 Å². The normalized spacial score (nSPS) is 15.0. The molecule has 0 spiro atoms. The minimum absolute atomic E-state index is 0.155. The second kappa shape index (κ2) is 6.65. The first-order chi connectivity index (χ1) is 12.9. The van der Waals surface area contributed by atoms with Crippen LogP contribution in [0.5, 0.6) is 0 Å². The van der Waals surface area contributed by atoms with Crippen molar-refractivity contribution < 1.29 is 35.9 Å². The standard InChI is InChI=1S/C15H13F6N5O2/c1-8-2-3-9(28-8)13(27,15(19,20)21)6-7-22-10-4-5-11-23-24-12(14(16,17)18)26(11)25-10/h2-5,27H,6-7H2,1H3,(H,22,25). The number of aliphatic hydroxyl groups is 1. The molecule has 152 valence electrons. The number of anilines is 1. The monoisotopic (exact) mass is 409 g/mol. The molecule has 0 bridgehead atoms. The number of alkyl halides is 6. The molecule has 0 saturated carbocycles. The van der Waals surface area contributed by atoms with Crippen LogP contribution in [0.2, 0.25) is 0 Å². The first-order valence-electron chi connectivity index (χ1n) is 7.81. The lowest BCUT2D eigenvalue weighted by molar-refractivity contribution is -0.274.